The number of aromatic amines is 1. The quantitative estimate of drug-likeness (QED) is 0.785. The summed E-state index contributed by atoms with van der Waals surface area (Å²) in [5.41, 5.74) is 3.91. The van der Waals surface area contributed by atoms with Crippen LogP contribution in [0.4, 0.5) is 5.82 Å². The summed E-state index contributed by atoms with van der Waals surface area (Å²) >= 11 is 0. The molecule has 0 saturated carbocycles. The summed E-state index contributed by atoms with van der Waals surface area (Å²) in [4.78, 5) is 18.9. The molecule has 112 valence electrons. The Balaban J connectivity index is 1.72. The van der Waals surface area contributed by atoms with Crippen LogP contribution in [0.3, 0.4) is 0 Å². The van der Waals surface area contributed by atoms with Crippen molar-refractivity contribution in [3.05, 3.63) is 36.4 Å². The second kappa shape index (κ2) is 5.38. The van der Waals surface area contributed by atoms with E-state index in [0.717, 1.165) is 54.4 Å². The lowest BCUT2D eigenvalue weighted by molar-refractivity contribution is 0.122. The van der Waals surface area contributed by atoms with Gasteiger partial charge in [0, 0.05) is 36.4 Å². The lowest BCUT2D eigenvalue weighted by Gasteiger charge is -2.27. The van der Waals surface area contributed by atoms with Crippen molar-refractivity contribution in [2.75, 3.05) is 31.2 Å². The van der Waals surface area contributed by atoms with Gasteiger partial charge in [0.25, 0.3) is 0 Å². The number of morpholine rings is 1. The Morgan fingerprint density at radius 3 is 2.91 bits per heavy atom. The van der Waals surface area contributed by atoms with Crippen LogP contribution in [-0.2, 0) is 4.74 Å². The first-order valence-electron chi connectivity index (χ1n) is 7.40. The van der Waals surface area contributed by atoms with E-state index >= 15 is 0 Å². The number of H-pyrrole nitrogens is 1. The van der Waals surface area contributed by atoms with Gasteiger partial charge in [-0.3, -0.25) is 4.98 Å². The Labute approximate surface area is 128 Å². The summed E-state index contributed by atoms with van der Waals surface area (Å²) in [5, 5.41) is 1.12. The number of fused-ring (bicyclic) bond motifs is 1. The standard InChI is InChI=1S/C16H17N5O/c1-11-7-18-16-13(11)6-12(8-19-16)14-9-17-10-15(20-14)21-2-4-22-5-3-21/h6-10H,2-5H2,1H3,(H,18,19). The minimum absolute atomic E-state index is 0.738. The normalized spacial score (nSPS) is 15.4. The molecule has 1 saturated heterocycles. The molecule has 0 aromatic carbocycles. The van der Waals surface area contributed by atoms with Gasteiger partial charge >= 0.3 is 0 Å². The van der Waals surface area contributed by atoms with Crippen molar-refractivity contribution in [3.63, 3.8) is 0 Å². The largest absolute Gasteiger partial charge is 0.378 e. The van der Waals surface area contributed by atoms with Gasteiger partial charge in [0.1, 0.15) is 11.5 Å². The van der Waals surface area contributed by atoms with Crippen molar-refractivity contribution in [2.45, 2.75) is 6.92 Å². The van der Waals surface area contributed by atoms with Crippen molar-refractivity contribution >= 4 is 16.9 Å². The molecular weight excluding hydrogens is 278 g/mol. The van der Waals surface area contributed by atoms with Crippen LogP contribution in [0.2, 0.25) is 0 Å². The fourth-order valence-electron chi connectivity index (χ4n) is 2.71. The third kappa shape index (κ3) is 2.31. The van der Waals surface area contributed by atoms with E-state index in [2.05, 4.69) is 32.8 Å². The molecule has 4 rings (SSSR count). The van der Waals surface area contributed by atoms with Crippen LogP contribution in [0, 0.1) is 6.92 Å². The molecule has 0 bridgehead atoms. The number of hydrogen-bond acceptors (Lipinski definition) is 5. The molecule has 0 aliphatic carbocycles. The Kier molecular flexibility index (Phi) is 3.23. The van der Waals surface area contributed by atoms with Gasteiger partial charge < -0.3 is 14.6 Å². The average molecular weight is 295 g/mol. The fourth-order valence-corrected chi connectivity index (χ4v) is 2.71. The highest BCUT2D eigenvalue weighted by Crippen LogP contribution is 2.24. The predicted octanol–water partition coefficient (Wildman–Crippen LogP) is 2.16. The molecule has 22 heavy (non-hydrogen) atoms. The van der Waals surface area contributed by atoms with Crippen LogP contribution in [-0.4, -0.2) is 46.2 Å². The second-order valence-electron chi connectivity index (χ2n) is 5.45. The third-order valence-corrected chi connectivity index (χ3v) is 3.99. The first kappa shape index (κ1) is 13.2. The third-order valence-electron chi connectivity index (χ3n) is 3.99. The number of rotatable bonds is 2. The molecule has 1 aliphatic heterocycles. The van der Waals surface area contributed by atoms with E-state index in [1.54, 1.807) is 6.20 Å². The summed E-state index contributed by atoms with van der Waals surface area (Å²) in [5.74, 6) is 0.895. The number of anilines is 1. The van der Waals surface area contributed by atoms with E-state index in [1.807, 2.05) is 18.6 Å². The van der Waals surface area contributed by atoms with E-state index in [0.29, 0.717) is 0 Å². The average Bonchev–Trinajstić information content (AvgIpc) is 2.96. The van der Waals surface area contributed by atoms with Crippen LogP contribution in [0.25, 0.3) is 22.3 Å². The Bertz CT molecular complexity index is 807. The number of aryl methyl sites for hydroxylation is 1. The Morgan fingerprint density at radius 2 is 2.05 bits per heavy atom. The van der Waals surface area contributed by atoms with Crippen LogP contribution in [0.1, 0.15) is 5.56 Å². The van der Waals surface area contributed by atoms with Crippen LogP contribution >= 0.6 is 0 Å². The van der Waals surface area contributed by atoms with Crippen molar-refractivity contribution in [2.24, 2.45) is 0 Å². The van der Waals surface area contributed by atoms with Crippen molar-refractivity contribution in [1.29, 1.82) is 0 Å². The minimum Gasteiger partial charge on any atom is -0.378 e. The number of pyridine rings is 1. The van der Waals surface area contributed by atoms with Gasteiger partial charge in [-0.05, 0) is 18.6 Å². The second-order valence-corrected chi connectivity index (χ2v) is 5.45. The van der Waals surface area contributed by atoms with Gasteiger partial charge in [0.05, 0.1) is 31.3 Å². The molecule has 1 fully saturated rings. The van der Waals surface area contributed by atoms with E-state index < -0.39 is 0 Å². The number of nitrogens with zero attached hydrogens (tertiary/aromatic N) is 4. The van der Waals surface area contributed by atoms with Crippen LogP contribution in [0.15, 0.2) is 30.9 Å². The van der Waals surface area contributed by atoms with Crippen molar-refractivity contribution in [1.82, 2.24) is 19.9 Å². The van der Waals surface area contributed by atoms with Crippen LogP contribution in [0.5, 0.6) is 0 Å². The highest BCUT2D eigenvalue weighted by molar-refractivity contribution is 5.83. The van der Waals surface area contributed by atoms with Crippen molar-refractivity contribution in [3.8, 4) is 11.3 Å². The Hall–Kier alpha value is -2.47. The van der Waals surface area contributed by atoms with Crippen molar-refractivity contribution < 1.29 is 4.74 Å². The van der Waals surface area contributed by atoms with Gasteiger partial charge in [-0.15, -0.1) is 0 Å². The SMILES string of the molecule is Cc1c[nH]c2ncc(-c3cncc(N4CCOCC4)n3)cc12. The van der Waals surface area contributed by atoms with Gasteiger partial charge in [0.15, 0.2) is 0 Å². The van der Waals surface area contributed by atoms with E-state index in [1.165, 1.54) is 5.56 Å². The highest BCUT2D eigenvalue weighted by Gasteiger charge is 2.14. The number of ether oxygens (including phenoxy) is 1. The predicted molar refractivity (Wildman–Crippen MR) is 84.9 cm³/mol. The number of nitrogens with one attached hydrogen (secondary N) is 1. The van der Waals surface area contributed by atoms with Gasteiger partial charge in [-0.25, -0.2) is 9.97 Å². The van der Waals surface area contributed by atoms with E-state index in [4.69, 9.17) is 9.72 Å². The molecule has 0 unspecified atom stereocenters. The fraction of sp³-hybridized carbons (Fsp3) is 0.312. The molecule has 4 heterocycles. The smallest absolute Gasteiger partial charge is 0.147 e. The topological polar surface area (TPSA) is 66.9 Å². The zero-order valence-corrected chi connectivity index (χ0v) is 12.4. The van der Waals surface area contributed by atoms with Gasteiger partial charge in [-0.1, -0.05) is 0 Å². The molecule has 6 nitrogen and oxygen atoms in total. The van der Waals surface area contributed by atoms with E-state index in [9.17, 15) is 0 Å². The molecule has 1 N–H and O–H groups in total. The molecular formula is C16H17N5O. The molecule has 0 amide bonds. The molecule has 3 aromatic rings. The molecule has 0 radical (unpaired) electrons. The summed E-state index contributed by atoms with van der Waals surface area (Å²) in [6.45, 7) is 5.25. The highest BCUT2D eigenvalue weighted by atomic mass is 16.5. The van der Waals surface area contributed by atoms with Gasteiger partial charge in [-0.2, -0.15) is 0 Å². The first-order chi connectivity index (χ1) is 10.8. The molecule has 0 atom stereocenters. The lowest BCUT2D eigenvalue weighted by atomic mass is 10.1. The summed E-state index contributed by atoms with van der Waals surface area (Å²) in [6, 6.07) is 2.11. The Morgan fingerprint density at radius 1 is 1.18 bits per heavy atom. The van der Waals surface area contributed by atoms with E-state index in [-0.39, 0.29) is 0 Å². The maximum Gasteiger partial charge on any atom is 0.147 e. The lowest BCUT2D eigenvalue weighted by Crippen LogP contribution is -2.36. The maximum absolute atomic E-state index is 5.39. The first-order valence-corrected chi connectivity index (χ1v) is 7.40. The monoisotopic (exact) mass is 295 g/mol. The number of aromatic nitrogens is 4. The zero-order chi connectivity index (χ0) is 14.9. The number of hydrogen-bond donors (Lipinski definition) is 1. The summed E-state index contributed by atoms with van der Waals surface area (Å²) < 4.78 is 5.39. The maximum atomic E-state index is 5.39. The molecule has 0 spiro atoms. The molecule has 6 heteroatoms. The molecule has 3 aromatic heterocycles. The summed E-state index contributed by atoms with van der Waals surface area (Å²) in [6.07, 6.45) is 7.40. The van der Waals surface area contributed by atoms with Crippen LogP contribution < -0.4 is 4.90 Å². The molecule has 1 aliphatic rings. The zero-order valence-electron chi connectivity index (χ0n) is 12.4. The minimum atomic E-state index is 0.738. The van der Waals surface area contributed by atoms with Gasteiger partial charge in [0.2, 0.25) is 0 Å². The summed E-state index contributed by atoms with van der Waals surface area (Å²) in [7, 11) is 0.